The summed E-state index contributed by atoms with van der Waals surface area (Å²) in [5, 5.41) is 2.91. The SMILES string of the molecule is CN1CCCC1C(=O)Nc1ccc(Cl)cc1F. The summed E-state index contributed by atoms with van der Waals surface area (Å²) in [4.78, 5) is 13.9. The molecule has 3 nitrogen and oxygen atoms in total. The van der Waals surface area contributed by atoms with E-state index in [9.17, 15) is 9.18 Å². The third-order valence-corrected chi connectivity index (χ3v) is 3.25. The smallest absolute Gasteiger partial charge is 0.241 e. The van der Waals surface area contributed by atoms with E-state index in [1.165, 1.54) is 12.1 Å². The van der Waals surface area contributed by atoms with Crippen LogP contribution in [0.4, 0.5) is 10.1 Å². The highest BCUT2D eigenvalue weighted by atomic mass is 35.5. The van der Waals surface area contributed by atoms with E-state index in [0.29, 0.717) is 5.02 Å². The van der Waals surface area contributed by atoms with E-state index in [-0.39, 0.29) is 17.6 Å². The standard InChI is InChI=1S/C12H14ClFN2O/c1-16-6-2-3-11(16)12(17)15-10-5-4-8(13)7-9(10)14/h4-5,7,11H,2-3,6H2,1H3,(H,15,17). The van der Waals surface area contributed by atoms with Crippen molar-refractivity contribution in [1.29, 1.82) is 0 Å². The van der Waals surface area contributed by atoms with Gasteiger partial charge in [-0.25, -0.2) is 4.39 Å². The lowest BCUT2D eigenvalue weighted by atomic mass is 10.2. The first-order chi connectivity index (χ1) is 8.08. The second-order valence-corrected chi connectivity index (χ2v) is 4.69. The van der Waals surface area contributed by atoms with Crippen molar-refractivity contribution in [2.24, 2.45) is 0 Å². The highest BCUT2D eigenvalue weighted by molar-refractivity contribution is 6.30. The zero-order chi connectivity index (χ0) is 12.4. The molecule has 1 aromatic carbocycles. The van der Waals surface area contributed by atoms with Crippen molar-refractivity contribution >= 4 is 23.2 Å². The Hall–Kier alpha value is -1.13. The van der Waals surface area contributed by atoms with E-state index in [1.807, 2.05) is 11.9 Å². The van der Waals surface area contributed by atoms with Crippen LogP contribution in [0.3, 0.4) is 0 Å². The molecule has 0 aliphatic carbocycles. The second-order valence-electron chi connectivity index (χ2n) is 4.25. The third kappa shape index (κ3) is 2.76. The molecule has 0 saturated carbocycles. The zero-order valence-corrected chi connectivity index (χ0v) is 10.3. The van der Waals surface area contributed by atoms with Gasteiger partial charge in [-0.15, -0.1) is 0 Å². The van der Waals surface area contributed by atoms with Crippen LogP contribution < -0.4 is 5.32 Å². The molecule has 1 aliphatic rings. The number of anilines is 1. The molecule has 0 bridgehead atoms. The maximum Gasteiger partial charge on any atom is 0.241 e. The summed E-state index contributed by atoms with van der Waals surface area (Å²) in [7, 11) is 1.90. The lowest BCUT2D eigenvalue weighted by Gasteiger charge is -2.18. The molecule has 17 heavy (non-hydrogen) atoms. The molecule has 0 spiro atoms. The Labute approximate surface area is 105 Å². The van der Waals surface area contributed by atoms with E-state index in [4.69, 9.17) is 11.6 Å². The molecule has 1 saturated heterocycles. The van der Waals surface area contributed by atoms with Crippen molar-refractivity contribution in [3.63, 3.8) is 0 Å². The topological polar surface area (TPSA) is 32.3 Å². The number of hydrogen-bond acceptors (Lipinski definition) is 2. The lowest BCUT2D eigenvalue weighted by molar-refractivity contribution is -0.119. The average Bonchev–Trinajstić information content (AvgIpc) is 2.68. The fraction of sp³-hybridized carbons (Fsp3) is 0.417. The van der Waals surface area contributed by atoms with Gasteiger partial charge in [0, 0.05) is 5.02 Å². The maximum absolute atomic E-state index is 13.5. The van der Waals surface area contributed by atoms with Crippen LogP contribution in [0.25, 0.3) is 0 Å². The number of nitrogens with zero attached hydrogens (tertiary/aromatic N) is 1. The summed E-state index contributed by atoms with van der Waals surface area (Å²) in [6, 6.07) is 4.06. The summed E-state index contributed by atoms with van der Waals surface area (Å²) >= 11 is 5.64. The Morgan fingerprint density at radius 1 is 1.59 bits per heavy atom. The van der Waals surface area contributed by atoms with Crippen LogP contribution in [0.15, 0.2) is 18.2 Å². The van der Waals surface area contributed by atoms with Crippen LogP contribution in [-0.2, 0) is 4.79 Å². The van der Waals surface area contributed by atoms with Gasteiger partial charge in [-0.3, -0.25) is 9.69 Å². The quantitative estimate of drug-likeness (QED) is 0.882. The van der Waals surface area contributed by atoms with Crippen molar-refractivity contribution < 1.29 is 9.18 Å². The molecule has 1 N–H and O–H groups in total. The summed E-state index contributed by atoms with van der Waals surface area (Å²) in [6.07, 6.45) is 1.81. The van der Waals surface area contributed by atoms with Crippen LogP contribution in [0, 0.1) is 5.82 Å². The first kappa shape index (κ1) is 12.3. The summed E-state index contributed by atoms with van der Waals surface area (Å²) in [5.74, 6) is -0.669. The van der Waals surface area contributed by atoms with Gasteiger partial charge in [0.05, 0.1) is 11.7 Å². The van der Waals surface area contributed by atoms with Gasteiger partial charge in [-0.1, -0.05) is 11.6 Å². The minimum atomic E-state index is -0.508. The first-order valence-corrected chi connectivity index (χ1v) is 5.92. The van der Waals surface area contributed by atoms with Crippen molar-refractivity contribution in [3.8, 4) is 0 Å². The molecular weight excluding hydrogens is 243 g/mol. The van der Waals surface area contributed by atoms with Gasteiger partial charge < -0.3 is 5.32 Å². The Morgan fingerprint density at radius 3 is 2.94 bits per heavy atom. The molecule has 1 fully saturated rings. The number of rotatable bonds is 2. The number of nitrogens with one attached hydrogen (secondary N) is 1. The van der Waals surface area contributed by atoms with Crippen LogP contribution >= 0.6 is 11.6 Å². The van der Waals surface area contributed by atoms with Gasteiger partial charge in [0.1, 0.15) is 5.82 Å². The molecule has 5 heteroatoms. The molecular formula is C12H14ClFN2O. The van der Waals surface area contributed by atoms with Gasteiger partial charge in [0.15, 0.2) is 0 Å². The molecule has 2 rings (SSSR count). The first-order valence-electron chi connectivity index (χ1n) is 5.54. The predicted molar refractivity (Wildman–Crippen MR) is 65.7 cm³/mol. The Bertz CT molecular complexity index is 439. The van der Waals surface area contributed by atoms with Gasteiger partial charge in [0.2, 0.25) is 5.91 Å². The van der Waals surface area contributed by atoms with E-state index in [1.54, 1.807) is 6.07 Å². The van der Waals surface area contributed by atoms with Gasteiger partial charge >= 0.3 is 0 Å². The number of amides is 1. The molecule has 0 radical (unpaired) electrons. The Kier molecular flexibility index (Phi) is 3.64. The van der Waals surface area contributed by atoms with Crippen molar-refractivity contribution in [2.45, 2.75) is 18.9 Å². The number of halogens is 2. The second kappa shape index (κ2) is 5.02. The van der Waals surface area contributed by atoms with E-state index >= 15 is 0 Å². The molecule has 1 aliphatic heterocycles. The van der Waals surface area contributed by atoms with Gasteiger partial charge in [-0.05, 0) is 44.6 Å². The van der Waals surface area contributed by atoms with Crippen LogP contribution in [0.1, 0.15) is 12.8 Å². The highest BCUT2D eigenvalue weighted by Gasteiger charge is 2.28. The number of likely N-dealkylation sites (N-methyl/N-ethyl adjacent to an activating group) is 1. The zero-order valence-electron chi connectivity index (χ0n) is 9.54. The van der Waals surface area contributed by atoms with Crippen molar-refractivity contribution in [3.05, 3.63) is 29.0 Å². The summed E-state index contributed by atoms with van der Waals surface area (Å²) in [6.45, 7) is 0.904. The van der Waals surface area contributed by atoms with Gasteiger partial charge in [-0.2, -0.15) is 0 Å². The molecule has 1 heterocycles. The Balaban J connectivity index is 2.07. The van der Waals surface area contributed by atoms with E-state index in [0.717, 1.165) is 19.4 Å². The van der Waals surface area contributed by atoms with Crippen LogP contribution in [-0.4, -0.2) is 30.4 Å². The molecule has 1 aromatic rings. The highest BCUT2D eigenvalue weighted by Crippen LogP contribution is 2.21. The fourth-order valence-electron chi connectivity index (χ4n) is 2.05. The summed E-state index contributed by atoms with van der Waals surface area (Å²) in [5.41, 5.74) is 0.180. The number of hydrogen-bond donors (Lipinski definition) is 1. The van der Waals surface area contributed by atoms with Gasteiger partial charge in [0.25, 0.3) is 0 Å². The molecule has 1 atom stereocenters. The van der Waals surface area contributed by atoms with Crippen LogP contribution in [0.5, 0.6) is 0 Å². The lowest BCUT2D eigenvalue weighted by Crippen LogP contribution is -2.37. The molecule has 1 amide bonds. The monoisotopic (exact) mass is 256 g/mol. The minimum absolute atomic E-state index is 0.161. The molecule has 92 valence electrons. The fourth-order valence-corrected chi connectivity index (χ4v) is 2.21. The third-order valence-electron chi connectivity index (χ3n) is 3.01. The number of carbonyl (C=O) groups is 1. The molecule has 0 aromatic heterocycles. The summed E-state index contributed by atoms with van der Waals surface area (Å²) < 4.78 is 13.5. The average molecular weight is 257 g/mol. The van der Waals surface area contributed by atoms with E-state index in [2.05, 4.69) is 5.32 Å². The largest absolute Gasteiger partial charge is 0.322 e. The number of benzene rings is 1. The molecule has 1 unspecified atom stereocenters. The number of carbonyl (C=O) groups excluding carboxylic acids is 1. The predicted octanol–water partition coefficient (Wildman–Crippen LogP) is 2.51. The minimum Gasteiger partial charge on any atom is -0.322 e. The van der Waals surface area contributed by atoms with Crippen LogP contribution in [0.2, 0.25) is 5.02 Å². The van der Waals surface area contributed by atoms with E-state index < -0.39 is 5.82 Å². The van der Waals surface area contributed by atoms with Crippen molar-refractivity contribution in [2.75, 3.05) is 18.9 Å². The Morgan fingerprint density at radius 2 is 2.35 bits per heavy atom. The van der Waals surface area contributed by atoms with Crippen molar-refractivity contribution in [1.82, 2.24) is 4.90 Å². The maximum atomic E-state index is 13.5. The number of likely N-dealkylation sites (tertiary alicyclic amines) is 1. The normalized spacial score (nSPS) is 20.5.